The Morgan fingerprint density at radius 1 is 0.386 bits per heavy atom. The third kappa shape index (κ3) is 55.5. The van der Waals surface area contributed by atoms with Gasteiger partial charge in [-0.3, -0.25) is 4.79 Å². The van der Waals surface area contributed by atoms with Gasteiger partial charge in [0.05, 0.1) is 25.4 Å². The highest BCUT2D eigenvalue weighted by Crippen LogP contribution is 2.24. The third-order valence-electron chi connectivity index (χ3n) is 18.3. The van der Waals surface area contributed by atoms with Gasteiger partial charge in [-0.05, 0) is 77.0 Å². The van der Waals surface area contributed by atoms with Crippen molar-refractivity contribution in [1.29, 1.82) is 0 Å². The molecule has 0 aromatic rings. The van der Waals surface area contributed by atoms with Gasteiger partial charge in [0, 0.05) is 6.42 Å². The highest BCUT2D eigenvalue weighted by molar-refractivity contribution is 5.76. The summed E-state index contributed by atoms with van der Waals surface area (Å²) in [5.41, 5.74) is 0. The summed E-state index contributed by atoms with van der Waals surface area (Å²) in [6, 6.07) is -0.831. The molecule has 1 amide bonds. The summed E-state index contributed by atoms with van der Waals surface area (Å²) < 4.78 is 11.3. The van der Waals surface area contributed by atoms with Crippen molar-refractivity contribution in [3.63, 3.8) is 0 Å². The first-order chi connectivity index (χ1) is 43.3. The average molecular weight is 1240 g/mol. The Kier molecular flexibility index (Phi) is 64.6. The van der Waals surface area contributed by atoms with Gasteiger partial charge in [-0.1, -0.05) is 357 Å². The Morgan fingerprint density at radius 2 is 0.682 bits per heavy atom. The summed E-state index contributed by atoms with van der Waals surface area (Å²) in [5.74, 6) is -0.184. The standard InChI is InChI=1S/C79H147NO8/c1-3-5-7-9-11-13-15-17-19-21-23-25-27-29-31-33-35-36-37-38-39-41-43-45-47-49-51-53-55-57-59-61-63-65-67-69-75(83)80-72(71-87-79-78(86)77(85)76(84)74(70-81)88-79)73(82)68-66-64-62-60-58-56-54-52-50-48-46-44-42-40-34-32-30-28-26-24-22-20-18-16-14-12-10-8-6-4-2/h15,17,21,23,50,52,58,60,66,68,72-74,76-79,81-82,84-86H,3-14,16,18-20,22,24-49,51,53-57,59,61-65,67,69-71H2,1-2H3,(H,80,83)/b17-15-,23-21-,52-50+,60-58+,68-66+. The molecule has 0 aromatic carbocycles. The van der Waals surface area contributed by atoms with Gasteiger partial charge in [-0.25, -0.2) is 0 Å². The lowest BCUT2D eigenvalue weighted by molar-refractivity contribution is -0.302. The van der Waals surface area contributed by atoms with E-state index in [2.05, 4.69) is 67.8 Å². The Balaban J connectivity index is 2.11. The van der Waals surface area contributed by atoms with E-state index in [1.807, 2.05) is 6.08 Å². The highest BCUT2D eigenvalue weighted by atomic mass is 16.7. The van der Waals surface area contributed by atoms with Crippen molar-refractivity contribution in [3.05, 3.63) is 60.8 Å². The van der Waals surface area contributed by atoms with E-state index >= 15 is 0 Å². The van der Waals surface area contributed by atoms with Crippen LogP contribution in [0.3, 0.4) is 0 Å². The van der Waals surface area contributed by atoms with E-state index in [9.17, 15) is 30.3 Å². The molecule has 0 saturated carbocycles. The first-order valence-electron chi connectivity index (χ1n) is 38.5. The van der Waals surface area contributed by atoms with E-state index in [4.69, 9.17) is 9.47 Å². The van der Waals surface area contributed by atoms with E-state index in [1.165, 1.54) is 308 Å². The maximum Gasteiger partial charge on any atom is 0.220 e. The zero-order valence-corrected chi connectivity index (χ0v) is 58.0. The van der Waals surface area contributed by atoms with Crippen LogP contribution in [0.5, 0.6) is 0 Å². The second kappa shape index (κ2) is 67.8. The molecular weight excluding hydrogens is 1090 g/mol. The lowest BCUT2D eigenvalue weighted by Crippen LogP contribution is -2.60. The number of allylic oxidation sites excluding steroid dienone is 9. The number of hydrogen-bond donors (Lipinski definition) is 6. The second-order valence-corrected chi connectivity index (χ2v) is 26.8. The van der Waals surface area contributed by atoms with Crippen LogP contribution in [-0.4, -0.2) is 87.5 Å². The van der Waals surface area contributed by atoms with Crippen molar-refractivity contribution < 1.29 is 39.8 Å². The predicted octanol–water partition coefficient (Wildman–Crippen LogP) is 21.7. The lowest BCUT2D eigenvalue weighted by Gasteiger charge is -2.40. The molecule has 1 fully saturated rings. The molecule has 1 rings (SSSR count). The quantitative estimate of drug-likeness (QED) is 0.0261. The minimum absolute atomic E-state index is 0.184. The van der Waals surface area contributed by atoms with Crippen LogP contribution >= 0.6 is 0 Å². The molecule has 516 valence electrons. The summed E-state index contributed by atoms with van der Waals surface area (Å²) in [7, 11) is 0. The van der Waals surface area contributed by atoms with Crippen molar-refractivity contribution in [2.24, 2.45) is 0 Å². The first-order valence-corrected chi connectivity index (χ1v) is 38.5. The fourth-order valence-electron chi connectivity index (χ4n) is 12.3. The number of unbranched alkanes of at least 4 members (excludes halogenated alkanes) is 50. The summed E-state index contributed by atoms with van der Waals surface area (Å²) in [6.45, 7) is 3.80. The molecule has 1 aliphatic heterocycles. The molecular formula is C79H147NO8. The summed E-state index contributed by atoms with van der Waals surface area (Å²) in [5, 5.41) is 54.8. The molecule has 1 aliphatic rings. The predicted molar refractivity (Wildman–Crippen MR) is 378 cm³/mol. The van der Waals surface area contributed by atoms with Gasteiger partial charge >= 0.3 is 0 Å². The monoisotopic (exact) mass is 1240 g/mol. The van der Waals surface area contributed by atoms with Gasteiger partial charge < -0.3 is 40.3 Å². The molecule has 6 N–H and O–H groups in total. The number of aliphatic hydroxyl groups is 5. The highest BCUT2D eigenvalue weighted by Gasteiger charge is 2.44. The van der Waals surface area contributed by atoms with E-state index in [0.29, 0.717) is 6.42 Å². The molecule has 9 heteroatoms. The Morgan fingerprint density at radius 3 is 1.02 bits per heavy atom. The minimum Gasteiger partial charge on any atom is -0.394 e. The van der Waals surface area contributed by atoms with Crippen molar-refractivity contribution in [2.75, 3.05) is 13.2 Å². The van der Waals surface area contributed by atoms with Gasteiger partial charge in [0.1, 0.15) is 24.4 Å². The van der Waals surface area contributed by atoms with Gasteiger partial charge in [0.25, 0.3) is 0 Å². The number of rotatable bonds is 68. The fraction of sp³-hybridized carbons (Fsp3) is 0.861. The summed E-state index contributed by atoms with van der Waals surface area (Å²) in [4.78, 5) is 13.2. The summed E-state index contributed by atoms with van der Waals surface area (Å²) >= 11 is 0. The number of hydrogen-bond acceptors (Lipinski definition) is 8. The van der Waals surface area contributed by atoms with Crippen molar-refractivity contribution in [1.82, 2.24) is 5.32 Å². The molecule has 0 aliphatic carbocycles. The number of carbonyl (C=O) groups excluding carboxylic acids is 1. The lowest BCUT2D eigenvalue weighted by atomic mass is 9.99. The van der Waals surface area contributed by atoms with Crippen LogP contribution in [0.1, 0.15) is 380 Å². The van der Waals surface area contributed by atoms with E-state index in [1.54, 1.807) is 6.08 Å². The van der Waals surface area contributed by atoms with Crippen LogP contribution in [0.4, 0.5) is 0 Å². The fourth-order valence-corrected chi connectivity index (χ4v) is 12.3. The van der Waals surface area contributed by atoms with Gasteiger partial charge in [-0.15, -0.1) is 0 Å². The van der Waals surface area contributed by atoms with Gasteiger partial charge in [-0.2, -0.15) is 0 Å². The van der Waals surface area contributed by atoms with E-state index < -0.39 is 49.5 Å². The second-order valence-electron chi connectivity index (χ2n) is 26.8. The molecule has 0 spiro atoms. The van der Waals surface area contributed by atoms with Crippen LogP contribution in [-0.2, 0) is 14.3 Å². The van der Waals surface area contributed by atoms with Crippen LogP contribution in [0, 0.1) is 0 Å². The van der Waals surface area contributed by atoms with Gasteiger partial charge in [0.15, 0.2) is 6.29 Å². The van der Waals surface area contributed by atoms with Crippen LogP contribution in [0.15, 0.2) is 60.8 Å². The minimum atomic E-state index is -1.58. The topological polar surface area (TPSA) is 149 Å². The van der Waals surface area contributed by atoms with Crippen molar-refractivity contribution in [3.8, 4) is 0 Å². The number of amides is 1. The number of carbonyl (C=O) groups is 1. The smallest absolute Gasteiger partial charge is 0.220 e. The average Bonchev–Trinajstić information content (AvgIpc) is 3.65. The van der Waals surface area contributed by atoms with E-state index in [0.717, 1.165) is 51.4 Å². The molecule has 88 heavy (non-hydrogen) atoms. The SMILES string of the molecule is CCCCCCC/C=C\C/C=C\CCCCCCCCCCCCCCCCCCCCCCCCCC(=O)NC(COC1OC(CO)C(O)C(O)C1O)C(O)/C=C/CC/C=C/CC/C=C/CCCCCCCCCCCCCCCCCCCCCC. The number of nitrogens with one attached hydrogen (secondary N) is 1. The Hall–Kier alpha value is -2.11. The van der Waals surface area contributed by atoms with E-state index in [-0.39, 0.29) is 12.5 Å². The van der Waals surface area contributed by atoms with Crippen LogP contribution in [0.25, 0.3) is 0 Å². The maximum absolute atomic E-state index is 13.2. The number of ether oxygens (including phenoxy) is 2. The zero-order valence-electron chi connectivity index (χ0n) is 58.0. The molecule has 7 unspecified atom stereocenters. The molecule has 0 aromatic heterocycles. The maximum atomic E-state index is 13.2. The van der Waals surface area contributed by atoms with Crippen molar-refractivity contribution >= 4 is 5.91 Å². The Bertz CT molecular complexity index is 1580. The summed E-state index contributed by atoms with van der Waals surface area (Å²) in [6.07, 6.45) is 87.9. The molecule has 0 radical (unpaired) electrons. The van der Waals surface area contributed by atoms with Crippen LogP contribution in [0.2, 0.25) is 0 Å². The van der Waals surface area contributed by atoms with Crippen molar-refractivity contribution in [2.45, 2.75) is 423 Å². The molecule has 0 bridgehead atoms. The Labute approximate surface area is 545 Å². The zero-order chi connectivity index (χ0) is 63.5. The molecule has 1 saturated heterocycles. The molecule has 9 nitrogen and oxygen atoms in total. The largest absolute Gasteiger partial charge is 0.394 e. The number of aliphatic hydroxyl groups excluding tert-OH is 5. The third-order valence-corrected chi connectivity index (χ3v) is 18.3. The normalized spacial score (nSPS) is 18.2. The first kappa shape index (κ1) is 83.9. The van der Waals surface area contributed by atoms with Gasteiger partial charge in [0.2, 0.25) is 5.91 Å². The molecule has 7 atom stereocenters. The molecule has 1 heterocycles. The van der Waals surface area contributed by atoms with Crippen LogP contribution < -0.4 is 5.32 Å².